The van der Waals surface area contributed by atoms with Crippen molar-refractivity contribution in [2.45, 2.75) is 63.8 Å². The Labute approximate surface area is 152 Å². The van der Waals surface area contributed by atoms with E-state index in [2.05, 4.69) is 6.92 Å². The number of benzene rings is 1. The number of amides is 1. The quantitative estimate of drug-likeness (QED) is 0.742. The summed E-state index contributed by atoms with van der Waals surface area (Å²) in [5, 5.41) is 0. The predicted octanol–water partition coefficient (Wildman–Crippen LogP) is 3.51. The molecule has 0 spiro atoms. The summed E-state index contributed by atoms with van der Waals surface area (Å²) >= 11 is 0. The zero-order chi connectivity index (χ0) is 18.4. The van der Waals surface area contributed by atoms with Crippen LogP contribution in [0.5, 0.6) is 0 Å². The molecule has 25 heavy (non-hydrogen) atoms. The fraction of sp³-hybridized carbons (Fsp3) is 0.632. The Morgan fingerprint density at radius 1 is 1.12 bits per heavy atom. The van der Waals surface area contributed by atoms with Crippen molar-refractivity contribution in [3.05, 3.63) is 29.8 Å². The van der Waals surface area contributed by atoms with E-state index in [0.29, 0.717) is 18.7 Å². The van der Waals surface area contributed by atoms with Gasteiger partial charge in [-0.15, -0.1) is 0 Å². The summed E-state index contributed by atoms with van der Waals surface area (Å²) in [5.74, 6) is -0.00452. The molecule has 1 aliphatic heterocycles. The Kier molecular flexibility index (Phi) is 7.02. The molecule has 0 aromatic heterocycles. The molecule has 0 radical (unpaired) electrons. The van der Waals surface area contributed by atoms with E-state index < -0.39 is 10.0 Å². The van der Waals surface area contributed by atoms with Gasteiger partial charge in [-0.2, -0.15) is 4.31 Å². The first-order valence-corrected chi connectivity index (χ1v) is 10.8. The van der Waals surface area contributed by atoms with Crippen LogP contribution in [0.25, 0.3) is 0 Å². The molecule has 1 amide bonds. The molecular formula is C19H30N2O3S. The van der Waals surface area contributed by atoms with Gasteiger partial charge in [0.2, 0.25) is 10.0 Å². The first-order chi connectivity index (χ1) is 11.9. The maximum Gasteiger partial charge on any atom is 0.254 e. The third-order valence-corrected chi connectivity index (χ3v) is 6.66. The smallest absolute Gasteiger partial charge is 0.254 e. The highest BCUT2D eigenvalue weighted by Gasteiger charge is 2.26. The van der Waals surface area contributed by atoms with Crippen LogP contribution in [0.15, 0.2) is 29.2 Å². The van der Waals surface area contributed by atoms with Crippen molar-refractivity contribution < 1.29 is 13.2 Å². The maximum absolute atomic E-state index is 12.8. The van der Waals surface area contributed by atoms with Gasteiger partial charge >= 0.3 is 0 Å². The maximum atomic E-state index is 12.8. The van der Waals surface area contributed by atoms with Gasteiger partial charge in [-0.3, -0.25) is 4.79 Å². The van der Waals surface area contributed by atoms with Gasteiger partial charge in [0.15, 0.2) is 0 Å². The molecule has 2 rings (SSSR count). The molecule has 1 heterocycles. The molecule has 6 heteroatoms. The minimum atomic E-state index is -3.50. The molecule has 0 N–H and O–H groups in total. The van der Waals surface area contributed by atoms with Crippen molar-refractivity contribution >= 4 is 15.9 Å². The van der Waals surface area contributed by atoms with Gasteiger partial charge in [-0.25, -0.2) is 8.42 Å². The zero-order valence-corrected chi connectivity index (χ0v) is 16.4. The van der Waals surface area contributed by atoms with Gasteiger partial charge in [0.25, 0.3) is 5.91 Å². The minimum Gasteiger partial charge on any atom is -0.336 e. The summed E-state index contributed by atoms with van der Waals surface area (Å²) in [6.07, 6.45) is 4.78. The van der Waals surface area contributed by atoms with Crippen LogP contribution < -0.4 is 0 Å². The van der Waals surface area contributed by atoms with Crippen LogP contribution in [0, 0.1) is 0 Å². The van der Waals surface area contributed by atoms with Crippen molar-refractivity contribution in [2.75, 3.05) is 19.6 Å². The van der Waals surface area contributed by atoms with Gasteiger partial charge in [-0.1, -0.05) is 13.8 Å². The topological polar surface area (TPSA) is 57.7 Å². The molecule has 1 aliphatic rings. The molecule has 1 unspecified atom stereocenters. The van der Waals surface area contributed by atoms with Gasteiger partial charge in [0.05, 0.1) is 4.90 Å². The summed E-state index contributed by atoms with van der Waals surface area (Å²) in [4.78, 5) is 14.8. The monoisotopic (exact) mass is 366 g/mol. The number of rotatable bonds is 7. The summed E-state index contributed by atoms with van der Waals surface area (Å²) in [6, 6.07) is 6.67. The van der Waals surface area contributed by atoms with Crippen molar-refractivity contribution in [1.29, 1.82) is 0 Å². The van der Waals surface area contributed by atoms with Crippen LogP contribution in [0.2, 0.25) is 0 Å². The van der Waals surface area contributed by atoms with Crippen molar-refractivity contribution in [1.82, 2.24) is 9.21 Å². The van der Waals surface area contributed by atoms with Gasteiger partial charge < -0.3 is 4.90 Å². The normalized spacial score (nSPS) is 18.6. The molecule has 1 aromatic rings. The lowest BCUT2D eigenvalue weighted by atomic mass is 10.0. The number of nitrogens with zero attached hydrogens (tertiary/aromatic N) is 2. The summed E-state index contributed by atoms with van der Waals surface area (Å²) in [5.41, 5.74) is 0.560. The van der Waals surface area contributed by atoms with E-state index in [1.165, 1.54) is 4.31 Å². The van der Waals surface area contributed by atoms with Crippen LogP contribution in [-0.4, -0.2) is 49.2 Å². The third kappa shape index (κ3) is 4.61. The number of hydrogen-bond acceptors (Lipinski definition) is 3. The molecule has 140 valence electrons. The Balaban J connectivity index is 2.19. The highest BCUT2D eigenvalue weighted by Crippen LogP contribution is 2.21. The standard InChI is InChI=1S/C19H30N2O3S/c1-4-13-20(14-5-2)25(23,24)18-11-9-17(10-12-18)19(22)21-15-7-6-8-16(21)3/h9-12,16H,4-8,13-15H2,1-3H3. The number of likely N-dealkylation sites (tertiary alicyclic amines) is 1. The number of piperidine rings is 1. The van der Waals surface area contributed by atoms with Gasteiger partial charge in [-0.05, 0) is 63.3 Å². The van der Waals surface area contributed by atoms with E-state index in [1.807, 2.05) is 18.7 Å². The van der Waals surface area contributed by atoms with Crippen LogP contribution in [0.1, 0.15) is 63.2 Å². The van der Waals surface area contributed by atoms with E-state index >= 15 is 0 Å². The molecule has 0 aliphatic carbocycles. The SMILES string of the molecule is CCCN(CCC)S(=O)(=O)c1ccc(C(=O)N2CCCCC2C)cc1. The minimum absolute atomic E-state index is 0.00452. The predicted molar refractivity (Wildman–Crippen MR) is 100 cm³/mol. The fourth-order valence-electron chi connectivity index (χ4n) is 3.34. The van der Waals surface area contributed by atoms with Crippen LogP contribution in [-0.2, 0) is 10.0 Å². The second-order valence-electron chi connectivity index (χ2n) is 6.77. The van der Waals surface area contributed by atoms with Gasteiger partial charge in [0.1, 0.15) is 0 Å². The van der Waals surface area contributed by atoms with Crippen molar-refractivity contribution in [3.8, 4) is 0 Å². The number of carbonyl (C=O) groups excluding carboxylic acids is 1. The van der Waals surface area contributed by atoms with E-state index in [1.54, 1.807) is 24.3 Å². The molecule has 1 aromatic carbocycles. The highest BCUT2D eigenvalue weighted by molar-refractivity contribution is 7.89. The summed E-state index contributed by atoms with van der Waals surface area (Å²) in [7, 11) is -3.50. The Morgan fingerprint density at radius 2 is 1.72 bits per heavy atom. The van der Waals surface area contributed by atoms with E-state index in [4.69, 9.17) is 0 Å². The molecular weight excluding hydrogens is 336 g/mol. The van der Waals surface area contributed by atoms with Gasteiger partial charge in [0, 0.05) is 31.2 Å². The zero-order valence-electron chi connectivity index (χ0n) is 15.6. The first kappa shape index (κ1) is 19.9. The van der Waals surface area contributed by atoms with E-state index in [0.717, 1.165) is 38.6 Å². The largest absolute Gasteiger partial charge is 0.336 e. The summed E-state index contributed by atoms with van der Waals surface area (Å²) in [6.45, 7) is 7.83. The Hall–Kier alpha value is -1.40. The Bertz CT molecular complexity index is 664. The van der Waals surface area contributed by atoms with Crippen LogP contribution in [0.3, 0.4) is 0 Å². The average molecular weight is 367 g/mol. The number of sulfonamides is 1. The first-order valence-electron chi connectivity index (χ1n) is 9.33. The fourth-order valence-corrected chi connectivity index (χ4v) is 4.96. The Morgan fingerprint density at radius 3 is 2.24 bits per heavy atom. The lowest BCUT2D eigenvalue weighted by molar-refractivity contribution is 0.0635. The second-order valence-corrected chi connectivity index (χ2v) is 8.71. The average Bonchev–Trinajstić information content (AvgIpc) is 2.61. The highest BCUT2D eigenvalue weighted by atomic mass is 32.2. The molecule has 1 fully saturated rings. The number of hydrogen-bond donors (Lipinski definition) is 0. The van der Waals surface area contributed by atoms with Crippen LogP contribution >= 0.6 is 0 Å². The van der Waals surface area contributed by atoms with E-state index in [-0.39, 0.29) is 16.8 Å². The summed E-state index contributed by atoms with van der Waals surface area (Å²) < 4.78 is 27.1. The number of carbonyl (C=O) groups is 1. The van der Waals surface area contributed by atoms with Crippen molar-refractivity contribution in [3.63, 3.8) is 0 Å². The van der Waals surface area contributed by atoms with Crippen molar-refractivity contribution in [2.24, 2.45) is 0 Å². The molecule has 1 atom stereocenters. The molecule has 5 nitrogen and oxygen atoms in total. The molecule has 0 saturated carbocycles. The lowest BCUT2D eigenvalue weighted by Crippen LogP contribution is -2.42. The lowest BCUT2D eigenvalue weighted by Gasteiger charge is -2.33. The second kappa shape index (κ2) is 8.81. The third-order valence-electron chi connectivity index (χ3n) is 4.75. The molecule has 1 saturated heterocycles. The van der Waals surface area contributed by atoms with Crippen LogP contribution in [0.4, 0.5) is 0 Å². The molecule has 0 bridgehead atoms. The van der Waals surface area contributed by atoms with E-state index in [9.17, 15) is 13.2 Å².